The molecule has 8 nitrogen and oxygen atoms in total. The van der Waals surface area contributed by atoms with Gasteiger partial charge in [-0.15, -0.1) is 0 Å². The molecular weight excluding hydrogens is 740 g/mol. The second kappa shape index (κ2) is 11.3. The topological polar surface area (TPSA) is 104 Å². The zero-order valence-corrected chi connectivity index (χ0v) is 28.8. The summed E-state index contributed by atoms with van der Waals surface area (Å²) < 4.78 is 6.39. The van der Waals surface area contributed by atoms with E-state index in [0.717, 1.165) is 5.57 Å². The van der Waals surface area contributed by atoms with Gasteiger partial charge in [0.05, 0.1) is 40.4 Å². The molecule has 6 atom stereocenters. The Morgan fingerprint density at radius 1 is 0.957 bits per heavy atom. The van der Waals surface area contributed by atoms with E-state index in [1.807, 2.05) is 36.4 Å². The van der Waals surface area contributed by atoms with Crippen molar-refractivity contribution in [3.05, 3.63) is 97.4 Å². The number of fused-ring (bicyclic) bond motifs is 4. The highest BCUT2D eigenvalue weighted by Gasteiger charge is 2.70. The minimum atomic E-state index is -1.45. The number of aromatic hydroxyl groups is 1. The molecular formula is C35H29Br2ClN2O6. The molecule has 3 fully saturated rings. The SMILES string of the molecule is CCN1C(=O)[C@H]2[C@H](CC=C3[C@H]2C[C@H]2C(=O)N(c4cccc(Cl)c4)C(=O)[C@@]2(c2ccccc2)[C@H]3c2cc(OC)c(O)c(Br)c2Br)C1=O. The fourth-order valence-corrected chi connectivity index (χ4v) is 9.58. The maximum atomic E-state index is 15.3. The molecule has 1 N–H and O–H groups in total. The number of methoxy groups -OCH3 is 1. The zero-order chi connectivity index (χ0) is 32.7. The van der Waals surface area contributed by atoms with Crippen LogP contribution in [0.1, 0.15) is 36.8 Å². The first-order valence-electron chi connectivity index (χ1n) is 15.1. The Kier molecular flexibility index (Phi) is 7.68. The predicted octanol–water partition coefficient (Wildman–Crippen LogP) is 6.76. The molecule has 7 rings (SSSR count). The number of halogens is 3. The van der Waals surface area contributed by atoms with Crippen LogP contribution in [0.3, 0.4) is 0 Å². The quantitative estimate of drug-likeness (QED) is 0.227. The monoisotopic (exact) mass is 766 g/mol. The summed E-state index contributed by atoms with van der Waals surface area (Å²) in [7, 11) is 1.44. The first-order chi connectivity index (χ1) is 22.1. The van der Waals surface area contributed by atoms with Crippen molar-refractivity contribution in [2.75, 3.05) is 18.6 Å². The average Bonchev–Trinajstić information content (AvgIpc) is 3.44. The van der Waals surface area contributed by atoms with Crippen LogP contribution in [0.15, 0.2) is 81.3 Å². The van der Waals surface area contributed by atoms with E-state index < -0.39 is 46.8 Å². The van der Waals surface area contributed by atoms with Crippen molar-refractivity contribution in [2.24, 2.45) is 23.7 Å². The van der Waals surface area contributed by atoms with E-state index in [0.29, 0.717) is 37.2 Å². The van der Waals surface area contributed by atoms with Gasteiger partial charge in [-0.05, 0) is 92.9 Å². The molecule has 4 amide bonds. The van der Waals surface area contributed by atoms with Gasteiger partial charge in [-0.25, -0.2) is 4.90 Å². The van der Waals surface area contributed by atoms with Gasteiger partial charge in [0.15, 0.2) is 11.5 Å². The molecule has 46 heavy (non-hydrogen) atoms. The summed E-state index contributed by atoms with van der Waals surface area (Å²) >= 11 is 13.6. The number of hydrogen-bond acceptors (Lipinski definition) is 6. The lowest BCUT2D eigenvalue weighted by Gasteiger charge is -2.51. The Labute approximate surface area is 287 Å². The van der Waals surface area contributed by atoms with Gasteiger partial charge in [0.25, 0.3) is 0 Å². The Hall–Kier alpha value is -3.47. The van der Waals surface area contributed by atoms with Crippen molar-refractivity contribution in [3.63, 3.8) is 0 Å². The molecule has 236 valence electrons. The number of carbonyl (C=O) groups excluding carboxylic acids is 4. The van der Waals surface area contributed by atoms with Crippen LogP contribution >= 0.6 is 43.5 Å². The Morgan fingerprint density at radius 2 is 1.70 bits per heavy atom. The van der Waals surface area contributed by atoms with Crippen molar-refractivity contribution >= 4 is 72.8 Å². The third-order valence-corrected chi connectivity index (χ3v) is 12.7. The number of imide groups is 2. The molecule has 3 aromatic carbocycles. The number of phenols is 1. The van der Waals surface area contributed by atoms with Crippen LogP contribution in [0.4, 0.5) is 5.69 Å². The van der Waals surface area contributed by atoms with Crippen molar-refractivity contribution in [3.8, 4) is 11.5 Å². The highest BCUT2D eigenvalue weighted by atomic mass is 79.9. The van der Waals surface area contributed by atoms with E-state index in [9.17, 15) is 19.5 Å². The molecule has 2 heterocycles. The molecule has 11 heteroatoms. The van der Waals surface area contributed by atoms with E-state index >= 15 is 4.79 Å². The summed E-state index contributed by atoms with van der Waals surface area (Å²) in [6.07, 6.45) is 2.53. The summed E-state index contributed by atoms with van der Waals surface area (Å²) in [5, 5.41) is 11.3. The Bertz CT molecular complexity index is 1860. The summed E-state index contributed by atoms with van der Waals surface area (Å²) in [6.45, 7) is 2.05. The van der Waals surface area contributed by atoms with Crippen molar-refractivity contribution in [1.29, 1.82) is 0 Å². The van der Waals surface area contributed by atoms with Gasteiger partial charge in [0.2, 0.25) is 23.6 Å². The number of carbonyl (C=O) groups is 4. The molecule has 2 aliphatic carbocycles. The van der Waals surface area contributed by atoms with Gasteiger partial charge in [0.1, 0.15) is 0 Å². The fourth-order valence-electron chi connectivity index (χ4n) is 8.44. The number of anilines is 1. The lowest BCUT2D eigenvalue weighted by molar-refractivity contribution is -0.140. The van der Waals surface area contributed by atoms with Gasteiger partial charge in [-0.1, -0.05) is 59.6 Å². The van der Waals surface area contributed by atoms with Crippen molar-refractivity contribution in [1.82, 2.24) is 4.90 Å². The van der Waals surface area contributed by atoms with Crippen molar-refractivity contribution < 1.29 is 29.0 Å². The second-order valence-corrected chi connectivity index (χ2v) is 14.2. The van der Waals surface area contributed by atoms with E-state index in [1.165, 1.54) is 16.9 Å². The molecule has 0 bridgehead atoms. The number of amides is 4. The molecule has 1 saturated carbocycles. The van der Waals surface area contributed by atoms with E-state index in [-0.39, 0.29) is 36.3 Å². The van der Waals surface area contributed by atoms with E-state index in [4.69, 9.17) is 16.3 Å². The van der Waals surface area contributed by atoms with Crippen LogP contribution in [-0.2, 0) is 24.6 Å². The molecule has 0 aromatic heterocycles. The number of rotatable bonds is 5. The number of allylic oxidation sites excluding steroid dienone is 2. The maximum Gasteiger partial charge on any atom is 0.246 e. The van der Waals surface area contributed by atoms with Crippen LogP contribution in [0.5, 0.6) is 11.5 Å². The molecule has 2 saturated heterocycles. The Morgan fingerprint density at radius 3 is 2.37 bits per heavy atom. The number of phenolic OH excluding ortho intramolecular Hbond substituents is 1. The van der Waals surface area contributed by atoms with Crippen LogP contribution in [0, 0.1) is 23.7 Å². The van der Waals surface area contributed by atoms with Crippen LogP contribution in [-0.4, -0.2) is 47.3 Å². The third-order valence-electron chi connectivity index (χ3n) is 10.3. The highest BCUT2D eigenvalue weighted by molar-refractivity contribution is 9.13. The van der Waals surface area contributed by atoms with Gasteiger partial charge in [0, 0.05) is 22.0 Å². The number of ether oxygens (including phenoxy) is 1. The summed E-state index contributed by atoms with van der Waals surface area (Å²) in [4.78, 5) is 59.9. The molecule has 3 aromatic rings. The van der Waals surface area contributed by atoms with Crippen LogP contribution in [0.2, 0.25) is 5.02 Å². The molecule has 0 unspecified atom stereocenters. The normalized spacial score (nSPS) is 28.6. The fraction of sp³-hybridized carbons (Fsp3) is 0.314. The predicted molar refractivity (Wildman–Crippen MR) is 179 cm³/mol. The molecule has 2 aliphatic heterocycles. The maximum absolute atomic E-state index is 15.3. The van der Waals surface area contributed by atoms with E-state index in [2.05, 4.69) is 31.9 Å². The molecule has 4 aliphatic rings. The second-order valence-electron chi connectivity index (χ2n) is 12.2. The highest BCUT2D eigenvalue weighted by Crippen LogP contribution is 2.66. The average molecular weight is 769 g/mol. The first kappa shape index (κ1) is 31.1. The number of benzene rings is 3. The van der Waals surface area contributed by atoms with Gasteiger partial charge >= 0.3 is 0 Å². The lowest BCUT2D eigenvalue weighted by Crippen LogP contribution is -2.53. The first-order valence-corrected chi connectivity index (χ1v) is 17.0. The summed E-state index contributed by atoms with van der Waals surface area (Å²) in [5.74, 6) is -4.56. The number of likely N-dealkylation sites (tertiary alicyclic amines) is 1. The minimum absolute atomic E-state index is 0.127. The van der Waals surface area contributed by atoms with E-state index in [1.54, 1.807) is 37.3 Å². The van der Waals surface area contributed by atoms with Gasteiger partial charge < -0.3 is 9.84 Å². The van der Waals surface area contributed by atoms with Gasteiger partial charge in [-0.3, -0.25) is 24.1 Å². The largest absolute Gasteiger partial charge is 0.503 e. The summed E-state index contributed by atoms with van der Waals surface area (Å²) in [5.41, 5.74) is 0.968. The molecule has 0 spiro atoms. The van der Waals surface area contributed by atoms with Crippen molar-refractivity contribution in [2.45, 2.75) is 31.1 Å². The van der Waals surface area contributed by atoms with Gasteiger partial charge in [-0.2, -0.15) is 0 Å². The third kappa shape index (κ3) is 4.15. The van der Waals surface area contributed by atoms with Crippen LogP contribution < -0.4 is 9.64 Å². The standard InChI is InChI=1S/C35H29Br2ClN2O6/c1-3-39-31(42)21-13-12-20-22(26(21)33(39)44)15-24-32(43)40(19-11-7-10-18(38)14-19)34(45)35(24,17-8-5-4-6-9-17)27(20)23-16-25(46-2)30(41)29(37)28(23)36/h4-12,14,16,21-22,24,26-27,41H,3,13,15H2,1-2H3/t21-,22+,24-,26-,27+,35+/m0/s1. The number of nitrogens with zero attached hydrogens (tertiary/aromatic N) is 2. The summed E-state index contributed by atoms with van der Waals surface area (Å²) in [6, 6.07) is 17.6. The molecule has 0 radical (unpaired) electrons. The zero-order valence-electron chi connectivity index (χ0n) is 24.9. The minimum Gasteiger partial charge on any atom is -0.503 e. The van der Waals surface area contributed by atoms with Crippen LogP contribution in [0.25, 0.3) is 0 Å². The number of hydrogen-bond donors (Lipinski definition) is 1. The lowest BCUT2D eigenvalue weighted by atomic mass is 9.49. The Balaban J connectivity index is 1.56. The smallest absolute Gasteiger partial charge is 0.246 e.